The molecule has 1 aliphatic rings. The van der Waals surface area contributed by atoms with Gasteiger partial charge in [-0.2, -0.15) is 0 Å². The second-order valence-electron chi connectivity index (χ2n) is 6.49. The van der Waals surface area contributed by atoms with Crippen molar-refractivity contribution in [3.63, 3.8) is 0 Å². The fourth-order valence-electron chi connectivity index (χ4n) is 3.04. The number of benzene rings is 2. The van der Waals surface area contributed by atoms with Crippen LogP contribution in [0.2, 0.25) is 0 Å². The third-order valence-corrected chi connectivity index (χ3v) is 4.50. The van der Waals surface area contributed by atoms with Crippen LogP contribution in [-0.2, 0) is 17.9 Å². The Labute approximate surface area is 150 Å². The molecule has 0 unspecified atom stereocenters. The van der Waals surface area contributed by atoms with E-state index in [4.69, 9.17) is 14.2 Å². The molecule has 4 heteroatoms. The van der Waals surface area contributed by atoms with Gasteiger partial charge in [-0.3, -0.25) is 0 Å². The molecule has 4 nitrogen and oxygen atoms in total. The van der Waals surface area contributed by atoms with Gasteiger partial charge < -0.3 is 19.5 Å². The van der Waals surface area contributed by atoms with Crippen molar-refractivity contribution in [2.24, 2.45) is 0 Å². The number of para-hydroxylation sites is 1. The average Bonchev–Trinajstić information content (AvgIpc) is 3.15. The summed E-state index contributed by atoms with van der Waals surface area (Å²) in [5.74, 6) is 1.58. The maximum Gasteiger partial charge on any atom is 0.166 e. The largest absolute Gasteiger partial charge is 0.493 e. The molecule has 3 rings (SSSR count). The first kappa shape index (κ1) is 17.8. The number of rotatable bonds is 8. The molecule has 0 amide bonds. The van der Waals surface area contributed by atoms with Crippen LogP contribution in [0, 0.1) is 6.92 Å². The summed E-state index contributed by atoms with van der Waals surface area (Å²) in [4.78, 5) is 0. The molecule has 1 fully saturated rings. The van der Waals surface area contributed by atoms with Gasteiger partial charge in [0.2, 0.25) is 0 Å². The van der Waals surface area contributed by atoms with Crippen molar-refractivity contribution in [3.8, 4) is 11.5 Å². The van der Waals surface area contributed by atoms with E-state index < -0.39 is 0 Å². The molecule has 1 N–H and O–H groups in total. The molecule has 1 heterocycles. The zero-order chi connectivity index (χ0) is 17.5. The lowest BCUT2D eigenvalue weighted by atomic mass is 10.1. The molecule has 134 valence electrons. The molecule has 1 saturated heterocycles. The van der Waals surface area contributed by atoms with Gasteiger partial charge in [0.1, 0.15) is 6.61 Å². The van der Waals surface area contributed by atoms with E-state index in [9.17, 15) is 0 Å². The van der Waals surface area contributed by atoms with E-state index >= 15 is 0 Å². The highest BCUT2D eigenvalue weighted by molar-refractivity contribution is 5.46. The number of hydrogen-bond acceptors (Lipinski definition) is 4. The second kappa shape index (κ2) is 8.88. The van der Waals surface area contributed by atoms with Gasteiger partial charge in [-0.15, -0.1) is 0 Å². The Kier molecular flexibility index (Phi) is 6.31. The van der Waals surface area contributed by atoms with Crippen LogP contribution in [0.25, 0.3) is 0 Å². The fraction of sp³-hybridized carbons (Fsp3) is 0.429. The van der Waals surface area contributed by atoms with Gasteiger partial charge in [0, 0.05) is 25.3 Å². The van der Waals surface area contributed by atoms with Crippen molar-refractivity contribution in [3.05, 3.63) is 59.2 Å². The minimum atomic E-state index is 0.336. The van der Waals surface area contributed by atoms with Gasteiger partial charge in [-0.1, -0.05) is 42.0 Å². The zero-order valence-corrected chi connectivity index (χ0v) is 15.1. The summed E-state index contributed by atoms with van der Waals surface area (Å²) in [7, 11) is 1.68. The summed E-state index contributed by atoms with van der Waals surface area (Å²) >= 11 is 0. The van der Waals surface area contributed by atoms with E-state index in [1.54, 1.807) is 7.11 Å². The van der Waals surface area contributed by atoms with Crippen molar-refractivity contribution in [2.45, 2.75) is 39.0 Å². The van der Waals surface area contributed by atoms with Crippen LogP contribution >= 0.6 is 0 Å². The first-order valence-corrected chi connectivity index (χ1v) is 8.93. The topological polar surface area (TPSA) is 39.7 Å². The van der Waals surface area contributed by atoms with E-state index in [0.29, 0.717) is 12.7 Å². The highest BCUT2D eigenvalue weighted by atomic mass is 16.5. The van der Waals surface area contributed by atoms with Gasteiger partial charge in [0.15, 0.2) is 11.5 Å². The Balaban J connectivity index is 1.64. The molecule has 2 aromatic rings. The molecule has 2 aromatic carbocycles. The summed E-state index contributed by atoms with van der Waals surface area (Å²) in [6.45, 7) is 5.10. The summed E-state index contributed by atoms with van der Waals surface area (Å²) in [6, 6.07) is 14.4. The van der Waals surface area contributed by atoms with Crippen LogP contribution in [0.1, 0.15) is 29.5 Å². The first-order valence-electron chi connectivity index (χ1n) is 8.93. The highest BCUT2D eigenvalue weighted by Gasteiger charge is 2.16. The summed E-state index contributed by atoms with van der Waals surface area (Å²) in [6.07, 6.45) is 2.64. The number of nitrogens with one attached hydrogen (secondary N) is 1. The van der Waals surface area contributed by atoms with Crippen LogP contribution in [-0.4, -0.2) is 26.4 Å². The van der Waals surface area contributed by atoms with E-state index in [1.165, 1.54) is 5.56 Å². The number of hydrogen-bond donors (Lipinski definition) is 1. The lowest BCUT2D eigenvalue weighted by Crippen LogP contribution is -2.26. The lowest BCUT2D eigenvalue weighted by Gasteiger charge is -2.17. The van der Waals surface area contributed by atoms with Crippen LogP contribution in [0.5, 0.6) is 11.5 Å². The van der Waals surface area contributed by atoms with Gasteiger partial charge in [-0.05, 0) is 31.4 Å². The smallest absolute Gasteiger partial charge is 0.166 e. The Morgan fingerprint density at radius 1 is 1.16 bits per heavy atom. The first-order chi connectivity index (χ1) is 12.3. The molecule has 25 heavy (non-hydrogen) atoms. The molecular weight excluding hydrogens is 314 g/mol. The molecule has 0 bridgehead atoms. The van der Waals surface area contributed by atoms with Crippen molar-refractivity contribution in [1.29, 1.82) is 0 Å². The highest BCUT2D eigenvalue weighted by Crippen LogP contribution is 2.32. The van der Waals surface area contributed by atoms with Crippen LogP contribution in [0.15, 0.2) is 42.5 Å². The van der Waals surface area contributed by atoms with Crippen molar-refractivity contribution < 1.29 is 14.2 Å². The van der Waals surface area contributed by atoms with Crippen molar-refractivity contribution >= 4 is 0 Å². The van der Waals surface area contributed by atoms with E-state index in [0.717, 1.165) is 55.2 Å². The van der Waals surface area contributed by atoms with Crippen LogP contribution < -0.4 is 14.8 Å². The predicted molar refractivity (Wildman–Crippen MR) is 99.2 cm³/mol. The minimum absolute atomic E-state index is 0.336. The average molecular weight is 341 g/mol. The lowest BCUT2D eigenvalue weighted by molar-refractivity contribution is 0.110. The van der Waals surface area contributed by atoms with Crippen LogP contribution in [0.4, 0.5) is 0 Å². The molecule has 0 aliphatic carbocycles. The Morgan fingerprint density at radius 3 is 2.72 bits per heavy atom. The van der Waals surface area contributed by atoms with Crippen LogP contribution in [0.3, 0.4) is 0 Å². The van der Waals surface area contributed by atoms with Gasteiger partial charge in [-0.25, -0.2) is 0 Å². The van der Waals surface area contributed by atoms with E-state index in [2.05, 4.69) is 42.6 Å². The normalized spacial score (nSPS) is 16.8. The number of aryl methyl sites for hydroxylation is 1. The Bertz CT molecular complexity index is 663. The molecule has 0 spiro atoms. The summed E-state index contributed by atoms with van der Waals surface area (Å²) in [5.41, 5.74) is 3.50. The Morgan fingerprint density at radius 2 is 2.00 bits per heavy atom. The minimum Gasteiger partial charge on any atom is -0.493 e. The third-order valence-electron chi connectivity index (χ3n) is 4.50. The van der Waals surface area contributed by atoms with Gasteiger partial charge in [0.05, 0.1) is 13.2 Å². The van der Waals surface area contributed by atoms with E-state index in [-0.39, 0.29) is 0 Å². The number of methoxy groups -OCH3 is 1. The van der Waals surface area contributed by atoms with Crippen molar-refractivity contribution in [2.75, 3.05) is 20.3 Å². The number of ether oxygens (including phenoxy) is 3. The fourth-order valence-corrected chi connectivity index (χ4v) is 3.04. The maximum atomic E-state index is 6.11. The monoisotopic (exact) mass is 341 g/mol. The van der Waals surface area contributed by atoms with Gasteiger partial charge in [0.25, 0.3) is 0 Å². The Hall–Kier alpha value is -2.04. The second-order valence-corrected chi connectivity index (χ2v) is 6.49. The standard InChI is InChI=1S/C21H27NO3/c1-16-8-10-17(11-9-16)15-25-21-18(5-3-7-20(21)23-2)13-22-14-19-6-4-12-24-19/h3,5,7-11,19,22H,4,6,12-15H2,1-2H3/t19-/m0/s1. The third kappa shape index (κ3) is 4.97. The maximum absolute atomic E-state index is 6.11. The summed E-state index contributed by atoms with van der Waals surface area (Å²) in [5, 5.41) is 3.48. The molecule has 1 atom stereocenters. The molecule has 0 saturated carbocycles. The SMILES string of the molecule is COc1cccc(CNC[C@@H]2CCCO2)c1OCc1ccc(C)cc1. The molecular formula is C21H27NO3. The zero-order valence-electron chi connectivity index (χ0n) is 15.1. The van der Waals surface area contributed by atoms with Crippen molar-refractivity contribution in [1.82, 2.24) is 5.32 Å². The molecule has 0 radical (unpaired) electrons. The predicted octanol–water partition coefficient (Wildman–Crippen LogP) is 3.85. The van der Waals surface area contributed by atoms with Gasteiger partial charge >= 0.3 is 0 Å². The molecule has 1 aliphatic heterocycles. The summed E-state index contributed by atoms with van der Waals surface area (Å²) < 4.78 is 17.3. The van der Waals surface area contributed by atoms with E-state index in [1.807, 2.05) is 12.1 Å². The quantitative estimate of drug-likeness (QED) is 0.792. The molecule has 0 aromatic heterocycles.